The number of carbonyl (C=O) groups is 4. The molecule has 1 fully saturated rings. The van der Waals surface area contributed by atoms with Gasteiger partial charge in [0, 0.05) is 0 Å². The summed E-state index contributed by atoms with van der Waals surface area (Å²) >= 11 is 2.76. The quantitative estimate of drug-likeness (QED) is 0.234. The van der Waals surface area contributed by atoms with E-state index < -0.39 is 29.6 Å². The fraction of sp³-hybridized carbons (Fsp3) is 0.429. The van der Waals surface area contributed by atoms with Gasteiger partial charge in [-0.3, -0.25) is 19.3 Å². The monoisotopic (exact) mass is 577 g/mol. The lowest BCUT2D eigenvalue weighted by molar-refractivity contribution is -0.150. The molecule has 0 spiro atoms. The number of benzene rings is 1. The Morgan fingerprint density at radius 1 is 1.22 bits per heavy atom. The summed E-state index contributed by atoms with van der Waals surface area (Å²) < 4.78 is 21.5. The molecule has 2 amide bonds. The van der Waals surface area contributed by atoms with Crippen LogP contribution in [0.25, 0.3) is 6.08 Å². The third-order valence-electron chi connectivity index (χ3n) is 4.26. The van der Waals surface area contributed by atoms with E-state index in [1.54, 1.807) is 26.0 Å². The Bertz CT molecular complexity index is 933. The van der Waals surface area contributed by atoms with Gasteiger partial charge in [0.15, 0.2) is 18.1 Å². The van der Waals surface area contributed by atoms with Crippen LogP contribution in [-0.2, 0) is 23.9 Å². The van der Waals surface area contributed by atoms with E-state index in [1.165, 1.54) is 13.2 Å². The number of thioether (sulfide) groups is 1. The molecular formula is C21H24INO8S. The SMILES string of the molecule is CCOC(=O)COc1c(I)cc(/C=C2/SC(=O)N(CC(=O)O[C@H](C)CC)C2=O)cc1OC. The standard InChI is InChI=1S/C21H24INO8S/c1-5-12(3)31-17(24)10-23-20(26)16(32-21(23)27)9-13-7-14(22)19(15(8-13)28-4)30-11-18(25)29-6-2/h7-9,12H,5-6,10-11H2,1-4H3/b16-9+/t12-/m1/s1. The molecule has 1 aromatic rings. The number of esters is 2. The van der Waals surface area contributed by atoms with Crippen LogP contribution < -0.4 is 9.47 Å². The summed E-state index contributed by atoms with van der Waals surface area (Å²) in [5, 5.41) is -0.543. The highest BCUT2D eigenvalue weighted by Gasteiger charge is 2.37. The molecule has 0 radical (unpaired) electrons. The first-order valence-corrected chi connectivity index (χ1v) is 11.7. The molecule has 2 rings (SSSR count). The first-order chi connectivity index (χ1) is 15.2. The van der Waals surface area contributed by atoms with Crippen molar-refractivity contribution in [1.29, 1.82) is 0 Å². The molecule has 0 bridgehead atoms. The predicted octanol–water partition coefficient (Wildman–Crippen LogP) is 3.62. The normalized spacial score (nSPS) is 15.7. The molecule has 174 valence electrons. The lowest BCUT2D eigenvalue weighted by atomic mass is 10.2. The number of nitrogens with zero attached hydrogens (tertiary/aromatic N) is 1. The van der Waals surface area contributed by atoms with Crippen LogP contribution in [0.1, 0.15) is 32.8 Å². The molecule has 0 aromatic heterocycles. The Morgan fingerprint density at radius 3 is 2.56 bits per heavy atom. The summed E-state index contributed by atoms with van der Waals surface area (Å²) in [6.07, 6.45) is 1.87. The van der Waals surface area contributed by atoms with Crippen molar-refractivity contribution in [2.24, 2.45) is 0 Å². The van der Waals surface area contributed by atoms with E-state index in [4.69, 9.17) is 18.9 Å². The summed E-state index contributed by atoms with van der Waals surface area (Å²) in [5.41, 5.74) is 0.586. The Kier molecular flexibility index (Phi) is 9.82. The average Bonchev–Trinajstić information content (AvgIpc) is 2.99. The minimum Gasteiger partial charge on any atom is -0.493 e. The Labute approximate surface area is 203 Å². The van der Waals surface area contributed by atoms with Gasteiger partial charge in [-0.2, -0.15) is 0 Å². The zero-order valence-corrected chi connectivity index (χ0v) is 21.1. The molecule has 1 aliphatic heterocycles. The summed E-state index contributed by atoms with van der Waals surface area (Å²) in [4.78, 5) is 49.5. The summed E-state index contributed by atoms with van der Waals surface area (Å²) in [5.74, 6) is -1.00. The van der Waals surface area contributed by atoms with Crippen LogP contribution in [0.3, 0.4) is 0 Å². The molecule has 0 N–H and O–H groups in total. The van der Waals surface area contributed by atoms with Crippen molar-refractivity contribution in [2.75, 3.05) is 26.9 Å². The highest BCUT2D eigenvalue weighted by atomic mass is 127. The first-order valence-electron chi connectivity index (χ1n) is 9.80. The van der Waals surface area contributed by atoms with E-state index in [2.05, 4.69) is 0 Å². The maximum atomic E-state index is 12.7. The van der Waals surface area contributed by atoms with E-state index in [0.29, 0.717) is 27.1 Å². The molecule has 32 heavy (non-hydrogen) atoms. The molecule has 1 atom stereocenters. The van der Waals surface area contributed by atoms with Gasteiger partial charge in [0.1, 0.15) is 6.54 Å². The van der Waals surface area contributed by atoms with Crippen molar-refractivity contribution in [3.8, 4) is 11.5 Å². The lowest BCUT2D eigenvalue weighted by Gasteiger charge is -2.15. The van der Waals surface area contributed by atoms with Gasteiger partial charge in [-0.15, -0.1) is 0 Å². The van der Waals surface area contributed by atoms with Gasteiger partial charge in [-0.05, 0) is 78.4 Å². The molecule has 11 heteroatoms. The fourth-order valence-electron chi connectivity index (χ4n) is 2.56. The van der Waals surface area contributed by atoms with Gasteiger partial charge in [0.2, 0.25) is 0 Å². The molecule has 0 saturated carbocycles. The average molecular weight is 577 g/mol. The smallest absolute Gasteiger partial charge is 0.344 e. The van der Waals surface area contributed by atoms with E-state index in [0.717, 1.165) is 16.7 Å². The van der Waals surface area contributed by atoms with Gasteiger partial charge >= 0.3 is 11.9 Å². The number of rotatable bonds is 10. The van der Waals surface area contributed by atoms with Crippen LogP contribution in [0, 0.1) is 3.57 Å². The Balaban J connectivity index is 2.18. The maximum absolute atomic E-state index is 12.7. The highest BCUT2D eigenvalue weighted by Crippen LogP contribution is 2.37. The summed E-state index contributed by atoms with van der Waals surface area (Å²) in [6.45, 7) is 4.84. The number of hydrogen-bond acceptors (Lipinski definition) is 9. The molecule has 0 unspecified atom stereocenters. The van der Waals surface area contributed by atoms with Gasteiger partial charge in [-0.1, -0.05) is 6.92 Å². The second kappa shape index (κ2) is 12.1. The number of imide groups is 1. The lowest BCUT2D eigenvalue weighted by Crippen LogP contribution is -2.35. The number of carbonyl (C=O) groups excluding carboxylic acids is 4. The number of halogens is 1. The molecule has 1 aliphatic rings. The zero-order chi connectivity index (χ0) is 23.8. The van der Waals surface area contributed by atoms with Crippen molar-refractivity contribution in [1.82, 2.24) is 4.90 Å². The fourth-order valence-corrected chi connectivity index (χ4v) is 4.18. The van der Waals surface area contributed by atoms with Crippen LogP contribution in [0.5, 0.6) is 11.5 Å². The highest BCUT2D eigenvalue weighted by molar-refractivity contribution is 14.1. The minimum atomic E-state index is -0.637. The number of amides is 2. The zero-order valence-electron chi connectivity index (χ0n) is 18.1. The van der Waals surface area contributed by atoms with Crippen molar-refractivity contribution in [3.63, 3.8) is 0 Å². The summed E-state index contributed by atoms with van der Waals surface area (Å²) in [6, 6.07) is 3.34. The van der Waals surface area contributed by atoms with Crippen LogP contribution >= 0.6 is 34.4 Å². The van der Waals surface area contributed by atoms with Crippen LogP contribution in [-0.4, -0.2) is 61.0 Å². The third-order valence-corrected chi connectivity index (χ3v) is 5.97. The van der Waals surface area contributed by atoms with Gasteiger partial charge in [-0.25, -0.2) is 4.79 Å². The second-order valence-corrected chi connectivity index (χ2v) is 8.76. The van der Waals surface area contributed by atoms with Gasteiger partial charge < -0.3 is 18.9 Å². The molecule has 1 aromatic carbocycles. The topological polar surface area (TPSA) is 108 Å². The third kappa shape index (κ3) is 6.86. The van der Waals surface area contributed by atoms with Crippen LogP contribution in [0.2, 0.25) is 0 Å². The van der Waals surface area contributed by atoms with Crippen molar-refractivity contribution < 1.29 is 38.1 Å². The Hall–Kier alpha value is -2.28. The minimum absolute atomic E-state index is 0.171. The van der Waals surface area contributed by atoms with E-state index in [9.17, 15) is 19.2 Å². The number of methoxy groups -OCH3 is 1. The maximum Gasteiger partial charge on any atom is 0.344 e. The van der Waals surface area contributed by atoms with Gasteiger partial charge in [0.05, 0.1) is 28.3 Å². The first kappa shape index (κ1) is 26.0. The van der Waals surface area contributed by atoms with Crippen molar-refractivity contribution in [3.05, 3.63) is 26.2 Å². The predicted molar refractivity (Wildman–Crippen MR) is 126 cm³/mol. The van der Waals surface area contributed by atoms with Gasteiger partial charge in [0.25, 0.3) is 11.1 Å². The van der Waals surface area contributed by atoms with E-state index >= 15 is 0 Å². The van der Waals surface area contributed by atoms with E-state index in [-0.39, 0.29) is 24.2 Å². The van der Waals surface area contributed by atoms with E-state index in [1.807, 2.05) is 29.5 Å². The molecule has 9 nitrogen and oxygen atoms in total. The number of ether oxygens (including phenoxy) is 4. The molecular weight excluding hydrogens is 553 g/mol. The second-order valence-electron chi connectivity index (χ2n) is 6.60. The van der Waals surface area contributed by atoms with Crippen molar-refractivity contribution >= 4 is 63.5 Å². The summed E-state index contributed by atoms with van der Waals surface area (Å²) in [7, 11) is 1.45. The molecule has 1 heterocycles. The molecule has 1 saturated heterocycles. The largest absolute Gasteiger partial charge is 0.493 e. The Morgan fingerprint density at radius 2 is 1.94 bits per heavy atom. The van der Waals surface area contributed by atoms with Crippen molar-refractivity contribution in [2.45, 2.75) is 33.3 Å². The number of hydrogen-bond donors (Lipinski definition) is 0. The van der Waals surface area contributed by atoms with Crippen LogP contribution in [0.4, 0.5) is 4.79 Å². The molecule has 0 aliphatic carbocycles. The van der Waals surface area contributed by atoms with Crippen LogP contribution in [0.15, 0.2) is 17.0 Å².